The van der Waals surface area contributed by atoms with E-state index in [1.54, 1.807) is 13.0 Å². The van der Waals surface area contributed by atoms with E-state index in [2.05, 4.69) is 0 Å². The van der Waals surface area contributed by atoms with Crippen molar-refractivity contribution in [3.63, 3.8) is 0 Å². The third-order valence-corrected chi connectivity index (χ3v) is 2.72. The molecule has 3 N–H and O–H groups in total. The van der Waals surface area contributed by atoms with E-state index in [0.717, 1.165) is 5.56 Å². The maximum atomic E-state index is 9.58. The number of hydrogen-bond acceptors (Lipinski definition) is 4. The van der Waals surface area contributed by atoms with Gasteiger partial charge in [-0.1, -0.05) is 30.3 Å². The SMILES string of the molecule is C[C@@H]1O[C@@H](OCc2ccccc2)C=C(N)[C@H]1O. The molecule has 4 heteroatoms. The molecule has 17 heavy (non-hydrogen) atoms. The summed E-state index contributed by atoms with van der Waals surface area (Å²) in [6.45, 7) is 2.22. The van der Waals surface area contributed by atoms with E-state index in [-0.39, 0.29) is 6.10 Å². The molecule has 0 radical (unpaired) electrons. The van der Waals surface area contributed by atoms with Gasteiger partial charge in [0.2, 0.25) is 0 Å². The van der Waals surface area contributed by atoms with Crippen molar-refractivity contribution in [1.29, 1.82) is 0 Å². The van der Waals surface area contributed by atoms with Gasteiger partial charge < -0.3 is 20.3 Å². The highest BCUT2D eigenvalue weighted by Crippen LogP contribution is 2.18. The first kappa shape index (κ1) is 12.1. The van der Waals surface area contributed by atoms with Crippen LogP contribution < -0.4 is 5.73 Å². The normalized spacial score (nSPS) is 28.8. The molecule has 0 unspecified atom stereocenters. The minimum atomic E-state index is -0.744. The van der Waals surface area contributed by atoms with Crippen molar-refractivity contribution >= 4 is 0 Å². The summed E-state index contributed by atoms with van der Waals surface area (Å²) in [5, 5.41) is 9.58. The van der Waals surface area contributed by atoms with Crippen LogP contribution in [0, 0.1) is 0 Å². The molecular formula is C13H17NO3. The summed E-state index contributed by atoms with van der Waals surface area (Å²) in [6, 6.07) is 9.83. The molecule has 3 atom stereocenters. The lowest BCUT2D eigenvalue weighted by molar-refractivity contribution is -0.173. The van der Waals surface area contributed by atoms with Crippen LogP contribution in [-0.2, 0) is 16.1 Å². The van der Waals surface area contributed by atoms with Gasteiger partial charge in [-0.05, 0) is 18.6 Å². The predicted octanol–water partition coefficient (Wildman–Crippen LogP) is 1.15. The van der Waals surface area contributed by atoms with Gasteiger partial charge in [0.1, 0.15) is 6.10 Å². The van der Waals surface area contributed by atoms with Crippen LogP contribution in [0.5, 0.6) is 0 Å². The molecule has 0 aromatic heterocycles. The van der Waals surface area contributed by atoms with E-state index >= 15 is 0 Å². The smallest absolute Gasteiger partial charge is 0.179 e. The fraction of sp³-hybridized carbons (Fsp3) is 0.385. The second-order valence-corrected chi connectivity index (χ2v) is 4.12. The number of aliphatic hydroxyl groups excluding tert-OH is 1. The Balaban J connectivity index is 1.92. The summed E-state index contributed by atoms with van der Waals surface area (Å²) in [6.07, 6.45) is 0.0223. The van der Waals surface area contributed by atoms with Crippen LogP contribution in [0.2, 0.25) is 0 Å². The third-order valence-electron chi connectivity index (χ3n) is 2.72. The molecular weight excluding hydrogens is 218 g/mol. The maximum absolute atomic E-state index is 9.58. The molecule has 0 saturated carbocycles. The molecule has 0 amide bonds. The summed E-state index contributed by atoms with van der Waals surface area (Å²) in [5.41, 5.74) is 7.15. The predicted molar refractivity (Wildman–Crippen MR) is 63.8 cm³/mol. The third kappa shape index (κ3) is 3.06. The largest absolute Gasteiger partial charge is 0.400 e. The first-order chi connectivity index (χ1) is 8.16. The number of benzene rings is 1. The zero-order valence-electron chi connectivity index (χ0n) is 9.74. The Bertz CT molecular complexity index is 391. The standard InChI is InChI=1S/C13H17NO3/c1-9-13(15)11(14)7-12(17-9)16-8-10-5-3-2-4-6-10/h2-7,9,12-13,15H,8,14H2,1H3/t9-,12+,13-/m0/s1. The van der Waals surface area contributed by atoms with Gasteiger partial charge in [0.25, 0.3) is 0 Å². The van der Waals surface area contributed by atoms with Crippen LogP contribution in [0.3, 0.4) is 0 Å². The Kier molecular flexibility index (Phi) is 3.78. The van der Waals surface area contributed by atoms with Crippen molar-refractivity contribution in [2.24, 2.45) is 5.73 Å². The van der Waals surface area contributed by atoms with Crippen molar-refractivity contribution in [2.75, 3.05) is 0 Å². The van der Waals surface area contributed by atoms with Gasteiger partial charge in [0.05, 0.1) is 12.7 Å². The van der Waals surface area contributed by atoms with E-state index in [9.17, 15) is 5.11 Å². The highest BCUT2D eigenvalue weighted by molar-refractivity contribution is 5.14. The Labute approximate surface area is 101 Å². The quantitative estimate of drug-likeness (QED) is 0.825. The fourth-order valence-corrected chi connectivity index (χ4v) is 1.69. The van der Waals surface area contributed by atoms with Crippen LogP contribution in [0.25, 0.3) is 0 Å². The number of aliphatic hydroxyl groups is 1. The zero-order chi connectivity index (χ0) is 12.3. The van der Waals surface area contributed by atoms with Crippen LogP contribution in [0.4, 0.5) is 0 Å². The molecule has 0 saturated heterocycles. The minimum Gasteiger partial charge on any atom is -0.400 e. The fourth-order valence-electron chi connectivity index (χ4n) is 1.69. The molecule has 0 aliphatic carbocycles. The van der Waals surface area contributed by atoms with Crippen molar-refractivity contribution in [3.05, 3.63) is 47.7 Å². The van der Waals surface area contributed by atoms with E-state index < -0.39 is 12.4 Å². The number of hydrogen-bond donors (Lipinski definition) is 2. The van der Waals surface area contributed by atoms with E-state index in [4.69, 9.17) is 15.2 Å². The van der Waals surface area contributed by atoms with E-state index in [1.165, 1.54) is 0 Å². The highest BCUT2D eigenvalue weighted by Gasteiger charge is 2.26. The Morgan fingerprint density at radius 1 is 1.35 bits per heavy atom. The van der Waals surface area contributed by atoms with Crippen molar-refractivity contribution in [2.45, 2.75) is 32.0 Å². The number of ether oxygens (including phenoxy) is 2. The lowest BCUT2D eigenvalue weighted by Crippen LogP contribution is -2.40. The average Bonchev–Trinajstić information content (AvgIpc) is 2.34. The molecule has 4 nitrogen and oxygen atoms in total. The summed E-state index contributed by atoms with van der Waals surface area (Å²) < 4.78 is 11.0. The van der Waals surface area contributed by atoms with Crippen molar-refractivity contribution in [3.8, 4) is 0 Å². The van der Waals surface area contributed by atoms with Crippen LogP contribution in [0.15, 0.2) is 42.1 Å². The summed E-state index contributed by atoms with van der Waals surface area (Å²) >= 11 is 0. The minimum absolute atomic E-state index is 0.347. The highest BCUT2D eigenvalue weighted by atomic mass is 16.7. The average molecular weight is 235 g/mol. The molecule has 2 rings (SSSR count). The molecule has 0 bridgehead atoms. The Hall–Kier alpha value is -1.36. The Morgan fingerprint density at radius 2 is 2.06 bits per heavy atom. The molecule has 0 fully saturated rings. The van der Waals surface area contributed by atoms with Gasteiger partial charge in [-0.2, -0.15) is 0 Å². The monoisotopic (exact) mass is 235 g/mol. The maximum Gasteiger partial charge on any atom is 0.179 e. The van der Waals surface area contributed by atoms with Gasteiger partial charge in [0.15, 0.2) is 6.29 Å². The van der Waals surface area contributed by atoms with E-state index in [0.29, 0.717) is 12.3 Å². The topological polar surface area (TPSA) is 64.7 Å². The molecule has 1 aliphatic rings. The van der Waals surface area contributed by atoms with Gasteiger partial charge in [-0.3, -0.25) is 0 Å². The van der Waals surface area contributed by atoms with Crippen molar-refractivity contribution < 1.29 is 14.6 Å². The molecule has 1 heterocycles. The second-order valence-electron chi connectivity index (χ2n) is 4.12. The van der Waals surface area contributed by atoms with Crippen LogP contribution in [0.1, 0.15) is 12.5 Å². The molecule has 0 spiro atoms. The number of nitrogens with two attached hydrogens (primary N) is 1. The summed E-state index contributed by atoms with van der Waals surface area (Å²) in [7, 11) is 0. The lowest BCUT2D eigenvalue weighted by atomic mass is 10.1. The summed E-state index contributed by atoms with van der Waals surface area (Å²) in [5.74, 6) is 0. The van der Waals surface area contributed by atoms with Crippen LogP contribution >= 0.6 is 0 Å². The van der Waals surface area contributed by atoms with E-state index in [1.807, 2.05) is 30.3 Å². The molecule has 1 aromatic carbocycles. The number of rotatable bonds is 3. The second kappa shape index (κ2) is 5.31. The van der Waals surface area contributed by atoms with Crippen LogP contribution in [-0.4, -0.2) is 23.6 Å². The summed E-state index contributed by atoms with van der Waals surface area (Å²) in [4.78, 5) is 0. The van der Waals surface area contributed by atoms with Gasteiger partial charge in [-0.15, -0.1) is 0 Å². The van der Waals surface area contributed by atoms with Gasteiger partial charge in [0, 0.05) is 5.70 Å². The molecule has 1 aliphatic heterocycles. The zero-order valence-corrected chi connectivity index (χ0v) is 9.74. The van der Waals surface area contributed by atoms with Gasteiger partial charge >= 0.3 is 0 Å². The van der Waals surface area contributed by atoms with Crippen molar-refractivity contribution in [1.82, 2.24) is 0 Å². The first-order valence-corrected chi connectivity index (χ1v) is 5.63. The molecule has 92 valence electrons. The first-order valence-electron chi connectivity index (χ1n) is 5.63. The molecule has 1 aromatic rings. The Morgan fingerprint density at radius 3 is 2.71 bits per heavy atom. The van der Waals surface area contributed by atoms with Gasteiger partial charge in [-0.25, -0.2) is 0 Å². The lowest BCUT2D eigenvalue weighted by Gasteiger charge is -2.29.